The summed E-state index contributed by atoms with van der Waals surface area (Å²) in [6, 6.07) is 8.74. The summed E-state index contributed by atoms with van der Waals surface area (Å²) in [4.78, 5) is 7.26. The topological polar surface area (TPSA) is 68.8 Å². The minimum Gasteiger partial charge on any atom is -0.372 e. The molecule has 0 radical (unpaired) electrons. The molecule has 0 saturated carbocycles. The lowest BCUT2D eigenvalue weighted by Crippen LogP contribution is -2.46. The first-order chi connectivity index (χ1) is 12.7. The molecule has 0 bridgehead atoms. The fourth-order valence-corrected chi connectivity index (χ4v) is 3.51. The number of hydrogen-bond donors (Lipinski definition) is 4. The number of hydrogen-bond acceptors (Lipinski definition) is 8. The molecule has 1 aromatic carbocycles. The number of anilines is 1. The van der Waals surface area contributed by atoms with E-state index in [4.69, 9.17) is 4.94 Å². The fraction of sp³-hybridized carbons (Fsp3) is 0.412. The van der Waals surface area contributed by atoms with Crippen molar-refractivity contribution in [3.8, 4) is 11.3 Å². The van der Waals surface area contributed by atoms with Gasteiger partial charge in [0, 0.05) is 35.4 Å². The van der Waals surface area contributed by atoms with Gasteiger partial charge in [-0.15, -0.1) is 5.53 Å². The molecule has 2 aromatic rings. The van der Waals surface area contributed by atoms with Crippen LogP contribution in [0.4, 0.5) is 5.69 Å². The molecule has 0 amide bonds. The average Bonchev–Trinajstić information content (AvgIpc) is 2.84. The first-order valence-electron chi connectivity index (χ1n) is 8.83. The summed E-state index contributed by atoms with van der Waals surface area (Å²) in [7, 11) is 0. The molecule has 2 heterocycles. The molecule has 142 valence electrons. The average molecular weight is 378 g/mol. The van der Waals surface area contributed by atoms with Crippen molar-refractivity contribution in [2.75, 3.05) is 43.0 Å². The zero-order valence-electron chi connectivity index (χ0n) is 15.3. The zero-order valence-corrected chi connectivity index (χ0v) is 16.1. The minimum atomic E-state index is 0.558. The Balaban J connectivity index is 1.54. The zero-order chi connectivity index (χ0) is 18.4. The Bertz CT molecular complexity index is 692. The van der Waals surface area contributed by atoms with Crippen LogP contribution in [-0.4, -0.2) is 41.8 Å². The summed E-state index contributed by atoms with van der Waals surface area (Å²) >= 11 is 1.66. The quantitative estimate of drug-likeness (QED) is 0.560. The highest BCUT2D eigenvalue weighted by Gasteiger charge is 2.12. The highest BCUT2D eigenvalue weighted by Crippen LogP contribution is 2.27. The van der Waals surface area contributed by atoms with Crippen molar-refractivity contribution in [1.82, 2.24) is 25.7 Å². The molecule has 0 aliphatic carbocycles. The van der Waals surface area contributed by atoms with Crippen molar-refractivity contribution < 1.29 is 4.94 Å². The van der Waals surface area contributed by atoms with Gasteiger partial charge in [-0.05, 0) is 37.5 Å². The van der Waals surface area contributed by atoms with Gasteiger partial charge in [0.15, 0.2) is 0 Å². The second-order valence-electron chi connectivity index (χ2n) is 5.89. The number of hydroxylamine groups is 1. The summed E-state index contributed by atoms with van der Waals surface area (Å²) in [5, 5.41) is 4.06. The van der Waals surface area contributed by atoms with E-state index in [1.54, 1.807) is 11.5 Å². The Labute approximate surface area is 158 Å². The third kappa shape index (κ3) is 4.37. The molecule has 8 nitrogen and oxygen atoms in total. The minimum absolute atomic E-state index is 0.558. The van der Waals surface area contributed by atoms with Gasteiger partial charge >= 0.3 is 0 Å². The monoisotopic (exact) mass is 377 g/mol. The predicted molar refractivity (Wildman–Crippen MR) is 107 cm³/mol. The van der Waals surface area contributed by atoms with Gasteiger partial charge in [-0.1, -0.05) is 24.3 Å². The molecule has 9 heteroatoms. The molecular formula is C17H27N7OS. The van der Waals surface area contributed by atoms with E-state index >= 15 is 0 Å². The molecule has 0 atom stereocenters. The Morgan fingerprint density at radius 1 is 1.27 bits per heavy atom. The van der Waals surface area contributed by atoms with Crippen LogP contribution in [0.5, 0.6) is 0 Å². The highest BCUT2D eigenvalue weighted by molar-refractivity contribution is 7.06. The molecule has 3 rings (SSSR count). The summed E-state index contributed by atoms with van der Waals surface area (Å²) in [6.07, 6.45) is 0. The molecular weight excluding hydrogens is 350 g/mol. The summed E-state index contributed by atoms with van der Waals surface area (Å²) in [6.45, 7) is 12.5. The number of nitrogens with zero attached hydrogens (tertiary/aromatic N) is 3. The van der Waals surface area contributed by atoms with E-state index in [-0.39, 0.29) is 0 Å². The summed E-state index contributed by atoms with van der Waals surface area (Å²) in [5.74, 6) is 0. The van der Waals surface area contributed by atoms with Gasteiger partial charge in [0.05, 0.1) is 25.3 Å². The molecule has 1 aliphatic heterocycles. The van der Waals surface area contributed by atoms with Crippen molar-refractivity contribution in [2.45, 2.75) is 13.8 Å². The van der Waals surface area contributed by atoms with Crippen molar-refractivity contribution in [2.24, 2.45) is 0 Å². The Morgan fingerprint density at radius 2 is 2.04 bits per heavy atom. The van der Waals surface area contributed by atoms with Gasteiger partial charge in [-0.25, -0.2) is 4.07 Å². The molecule has 1 saturated heterocycles. The summed E-state index contributed by atoms with van der Waals surface area (Å²) < 4.78 is 2.09. The van der Waals surface area contributed by atoms with Crippen molar-refractivity contribution in [3.63, 3.8) is 0 Å². The van der Waals surface area contributed by atoms with E-state index < -0.39 is 0 Å². The maximum atomic E-state index is 4.91. The van der Waals surface area contributed by atoms with E-state index in [0.29, 0.717) is 6.54 Å². The van der Waals surface area contributed by atoms with E-state index in [9.17, 15) is 0 Å². The smallest absolute Gasteiger partial charge is 0.0926 e. The lowest BCUT2D eigenvalue weighted by Gasteiger charge is -2.25. The van der Waals surface area contributed by atoms with Crippen LogP contribution in [0.15, 0.2) is 41.9 Å². The van der Waals surface area contributed by atoms with Crippen molar-refractivity contribution in [3.05, 3.63) is 41.9 Å². The number of rotatable bonds is 8. The van der Waals surface area contributed by atoms with Crippen LogP contribution in [0.2, 0.25) is 0 Å². The van der Waals surface area contributed by atoms with Crippen LogP contribution in [0.3, 0.4) is 0 Å². The van der Waals surface area contributed by atoms with Crippen LogP contribution >= 0.6 is 11.5 Å². The second-order valence-corrected chi connectivity index (χ2v) is 6.70. The van der Waals surface area contributed by atoms with E-state index in [1.807, 2.05) is 5.01 Å². The molecule has 0 spiro atoms. The predicted octanol–water partition coefficient (Wildman–Crippen LogP) is 1.88. The lowest BCUT2D eigenvalue weighted by atomic mass is 10.1. The third-order valence-corrected chi connectivity index (χ3v) is 5.20. The number of aromatic nitrogens is 1. The van der Waals surface area contributed by atoms with Crippen LogP contribution in [0.25, 0.3) is 11.3 Å². The van der Waals surface area contributed by atoms with Gasteiger partial charge in [0.2, 0.25) is 0 Å². The van der Waals surface area contributed by atoms with E-state index in [2.05, 4.69) is 81.1 Å². The Hall–Kier alpha value is -2.04. The SMILES string of the molecule is C=C1CNONNN1CCNn1scc1-c1ccc(N(CC)CC)cc1. The third-order valence-electron chi connectivity index (χ3n) is 4.33. The second kappa shape index (κ2) is 9.06. The Morgan fingerprint density at radius 3 is 2.69 bits per heavy atom. The maximum Gasteiger partial charge on any atom is 0.0926 e. The van der Waals surface area contributed by atoms with Crippen molar-refractivity contribution >= 4 is 17.2 Å². The lowest BCUT2D eigenvalue weighted by molar-refractivity contribution is -0.0690. The molecule has 26 heavy (non-hydrogen) atoms. The van der Waals surface area contributed by atoms with Crippen LogP contribution < -0.4 is 26.9 Å². The van der Waals surface area contributed by atoms with Crippen LogP contribution in [0, 0.1) is 0 Å². The maximum absolute atomic E-state index is 4.91. The highest BCUT2D eigenvalue weighted by atomic mass is 32.1. The van der Waals surface area contributed by atoms with E-state index in [0.717, 1.165) is 31.9 Å². The molecule has 1 aromatic heterocycles. The molecule has 1 aliphatic rings. The first-order valence-corrected chi connectivity index (χ1v) is 9.67. The normalized spacial score (nSPS) is 15.2. The molecule has 1 fully saturated rings. The van der Waals surface area contributed by atoms with Crippen molar-refractivity contribution in [1.29, 1.82) is 0 Å². The van der Waals surface area contributed by atoms with Gasteiger partial charge in [0.25, 0.3) is 0 Å². The van der Waals surface area contributed by atoms with Gasteiger partial charge in [0.1, 0.15) is 0 Å². The number of hydrazine groups is 2. The van der Waals surface area contributed by atoms with Crippen LogP contribution in [0.1, 0.15) is 13.8 Å². The first kappa shape index (κ1) is 18.7. The van der Waals surface area contributed by atoms with Gasteiger partial charge in [-0.2, -0.15) is 10.4 Å². The fourth-order valence-electron chi connectivity index (χ4n) is 2.78. The standard InChI is InChI=1S/C17H27N7OS/c1-4-22(5-2)16-8-6-15(7-9-16)17-13-26-24(17)18-10-11-23-14(3)12-19-25-21-20-23/h6-9,13,18-21H,3-5,10-12H2,1-2H3. The summed E-state index contributed by atoms with van der Waals surface area (Å²) in [5.41, 5.74) is 16.2. The van der Waals surface area contributed by atoms with E-state index in [1.165, 1.54) is 16.9 Å². The largest absolute Gasteiger partial charge is 0.372 e. The van der Waals surface area contributed by atoms with Crippen LogP contribution in [-0.2, 0) is 4.94 Å². The molecule has 4 N–H and O–H groups in total. The van der Waals surface area contributed by atoms with Gasteiger partial charge < -0.3 is 10.3 Å². The van der Waals surface area contributed by atoms with Gasteiger partial charge in [-0.3, -0.25) is 5.01 Å². The molecule has 0 unspecified atom stereocenters. The number of nitrogens with one attached hydrogen (secondary N) is 4. The number of benzene rings is 1. The Kier molecular flexibility index (Phi) is 6.53.